The lowest BCUT2D eigenvalue weighted by atomic mass is 9.93. The van der Waals surface area contributed by atoms with Crippen LogP contribution in [0.1, 0.15) is 56.1 Å². The smallest absolute Gasteiger partial charge is 0.220 e. The zero-order valence-corrected chi connectivity index (χ0v) is 33.6. The molecule has 0 aromatic heterocycles. The zero-order chi connectivity index (χ0) is 38.4. The van der Waals surface area contributed by atoms with E-state index < -0.39 is 0 Å². The largest absolute Gasteiger partial charge is 0.378 e. The summed E-state index contributed by atoms with van der Waals surface area (Å²) in [6, 6.07) is 26.1. The van der Waals surface area contributed by atoms with Crippen LogP contribution in [0.4, 0.5) is 11.4 Å². The Morgan fingerprint density at radius 2 is 1.27 bits per heavy atom. The van der Waals surface area contributed by atoms with Gasteiger partial charge in [-0.05, 0) is 79.0 Å². The van der Waals surface area contributed by atoms with Crippen molar-refractivity contribution in [3.05, 3.63) is 94.0 Å². The van der Waals surface area contributed by atoms with Crippen molar-refractivity contribution in [2.45, 2.75) is 64.0 Å². The van der Waals surface area contributed by atoms with E-state index in [1.165, 1.54) is 22.5 Å². The van der Waals surface area contributed by atoms with E-state index in [1.54, 1.807) is 0 Å². The van der Waals surface area contributed by atoms with E-state index in [2.05, 4.69) is 93.2 Å². The van der Waals surface area contributed by atoms with Crippen LogP contribution in [0, 0.1) is 5.92 Å². The van der Waals surface area contributed by atoms with Crippen molar-refractivity contribution in [3.63, 3.8) is 0 Å². The fourth-order valence-corrected chi connectivity index (χ4v) is 9.53. The van der Waals surface area contributed by atoms with Crippen molar-refractivity contribution in [1.29, 1.82) is 0 Å². The van der Waals surface area contributed by atoms with Crippen LogP contribution >= 0.6 is 23.2 Å². The zero-order valence-electron chi connectivity index (χ0n) is 32.1. The van der Waals surface area contributed by atoms with E-state index in [1.807, 2.05) is 0 Å². The highest BCUT2D eigenvalue weighted by Gasteiger charge is 2.24. The van der Waals surface area contributed by atoms with Crippen LogP contribution in [0.2, 0.25) is 10.0 Å². The molecule has 3 heterocycles. The van der Waals surface area contributed by atoms with Crippen LogP contribution in [0.15, 0.2) is 72.8 Å². The van der Waals surface area contributed by atoms with Gasteiger partial charge < -0.3 is 29.9 Å². The molecule has 0 unspecified atom stereocenters. The molecule has 2 atom stereocenters. The number of ketones is 1. The molecule has 1 aliphatic carbocycles. The average molecular weight is 796 g/mol. The summed E-state index contributed by atoms with van der Waals surface area (Å²) in [4.78, 5) is 28.4. The minimum absolute atomic E-state index is 0.173. The van der Waals surface area contributed by atoms with Crippen LogP contribution in [0.5, 0.6) is 0 Å². The van der Waals surface area contributed by atoms with Crippen molar-refractivity contribution < 1.29 is 19.1 Å². The van der Waals surface area contributed by atoms with Crippen molar-refractivity contribution >= 4 is 46.3 Å². The number of nitrogens with zero attached hydrogens (tertiary/aromatic N) is 2. The molecule has 1 amide bonds. The minimum atomic E-state index is 0.173. The Kier molecular flexibility index (Phi) is 12.6. The maximum absolute atomic E-state index is 11.8. The van der Waals surface area contributed by atoms with Crippen LogP contribution in [-0.4, -0.2) is 76.9 Å². The summed E-state index contributed by atoms with van der Waals surface area (Å²) >= 11 is 14.7. The number of hydrogen-bond acceptors (Lipinski definition) is 7. The Labute approximate surface area is 340 Å². The Morgan fingerprint density at radius 1 is 0.696 bits per heavy atom. The molecule has 3 aliphatic heterocycles. The molecule has 4 fully saturated rings. The molecule has 4 aromatic carbocycles. The summed E-state index contributed by atoms with van der Waals surface area (Å²) in [5.41, 5.74) is 10.8. The minimum Gasteiger partial charge on any atom is -0.378 e. The standard InChI is InChI=1S/C46H52Cl2N4O4/c47-45-38(33-12-11-32(4-1-5-36-15-17-44(54)50-36)42(27-33)51-18-22-55-23-19-51)6-2-8-40(45)41-9-3-7-39(46(41)48)34-13-14-35(30-49-29-31-10-16-37(53)26-31)43(28-34)52-20-24-56-25-21-52/h2-3,6-9,11-14,27-28,31,36,49H,1,4-5,10,15-26,29-30H2,(H,50,54)/t31-,36-/m1/s1. The van der Waals surface area contributed by atoms with Gasteiger partial charge in [-0.3, -0.25) is 9.59 Å². The lowest BCUT2D eigenvalue weighted by molar-refractivity contribution is -0.119. The van der Waals surface area contributed by atoms with Gasteiger partial charge in [-0.25, -0.2) is 0 Å². The van der Waals surface area contributed by atoms with Gasteiger partial charge in [0.25, 0.3) is 0 Å². The number of benzene rings is 4. The van der Waals surface area contributed by atoms with Crippen molar-refractivity contribution in [2.75, 3.05) is 69.0 Å². The number of halogens is 2. The summed E-state index contributed by atoms with van der Waals surface area (Å²) < 4.78 is 11.4. The fraction of sp³-hybridized carbons (Fsp3) is 0.435. The Bertz CT molecular complexity index is 1900. The second-order valence-corrected chi connectivity index (χ2v) is 16.4. The number of rotatable bonds is 13. The van der Waals surface area contributed by atoms with E-state index in [4.69, 9.17) is 32.7 Å². The fourth-order valence-electron chi connectivity index (χ4n) is 8.86. The van der Waals surface area contributed by atoms with Crippen LogP contribution in [0.25, 0.3) is 33.4 Å². The number of aryl methyl sites for hydroxylation is 1. The molecule has 4 aromatic rings. The number of hydrogen-bond donors (Lipinski definition) is 2. The molecule has 0 radical (unpaired) electrons. The highest BCUT2D eigenvalue weighted by molar-refractivity contribution is 6.39. The van der Waals surface area contributed by atoms with Gasteiger partial charge in [-0.15, -0.1) is 0 Å². The molecule has 294 valence electrons. The van der Waals surface area contributed by atoms with Crippen molar-refractivity contribution in [3.8, 4) is 33.4 Å². The molecule has 8 nitrogen and oxygen atoms in total. The van der Waals surface area contributed by atoms with Gasteiger partial charge in [-0.1, -0.05) is 83.9 Å². The summed E-state index contributed by atoms with van der Waals surface area (Å²) in [5.74, 6) is 0.983. The Morgan fingerprint density at radius 3 is 1.82 bits per heavy atom. The van der Waals surface area contributed by atoms with E-state index >= 15 is 0 Å². The molecule has 10 heteroatoms. The first-order valence-corrected chi connectivity index (χ1v) is 21.2. The maximum atomic E-state index is 11.8. The lowest BCUT2D eigenvalue weighted by Crippen LogP contribution is -2.37. The van der Waals surface area contributed by atoms with E-state index in [0.717, 1.165) is 105 Å². The monoisotopic (exact) mass is 794 g/mol. The first kappa shape index (κ1) is 38.9. The highest BCUT2D eigenvalue weighted by Crippen LogP contribution is 2.44. The number of anilines is 2. The SMILES string of the molecule is O=C1CC[C@@H](CNCc2ccc(-c3cccc(-c4cccc(-c5ccc(CCC[C@@H]6CCC(=O)N6)c(N6CCOCC6)c5)c4Cl)c3Cl)cc2N2CCOCC2)C1. The highest BCUT2D eigenvalue weighted by atomic mass is 35.5. The number of morpholine rings is 2. The molecule has 8 rings (SSSR count). The van der Waals surface area contributed by atoms with E-state index in [0.29, 0.717) is 67.4 Å². The molecule has 56 heavy (non-hydrogen) atoms. The van der Waals surface area contributed by atoms with Gasteiger partial charge in [0.15, 0.2) is 0 Å². The van der Waals surface area contributed by atoms with E-state index in [-0.39, 0.29) is 11.9 Å². The molecule has 1 saturated carbocycles. The second-order valence-electron chi connectivity index (χ2n) is 15.7. The number of ether oxygens (including phenoxy) is 2. The average Bonchev–Trinajstić information content (AvgIpc) is 3.85. The topological polar surface area (TPSA) is 83.1 Å². The lowest BCUT2D eigenvalue weighted by Gasteiger charge is -2.31. The van der Waals surface area contributed by atoms with Crippen LogP contribution in [-0.2, 0) is 32.0 Å². The third kappa shape index (κ3) is 8.95. The quantitative estimate of drug-likeness (QED) is 0.140. The normalized spacial score (nSPS) is 20.2. The van der Waals surface area contributed by atoms with Crippen LogP contribution < -0.4 is 20.4 Å². The van der Waals surface area contributed by atoms with Gasteiger partial charge in [0.05, 0.1) is 36.5 Å². The van der Waals surface area contributed by atoms with Gasteiger partial charge in [0, 0.05) is 91.7 Å². The number of carbonyl (C=O) groups is 2. The molecule has 4 aliphatic rings. The number of Topliss-reactive ketones (excluding diaryl/α,β-unsaturated/α-hetero) is 1. The summed E-state index contributed by atoms with van der Waals surface area (Å²) in [6.07, 6.45) is 6.91. The number of nitrogens with one attached hydrogen (secondary N) is 2. The number of carbonyl (C=O) groups excluding carboxylic acids is 2. The Balaban J connectivity index is 1.06. The molecule has 0 bridgehead atoms. The summed E-state index contributed by atoms with van der Waals surface area (Å²) in [5, 5.41) is 8.10. The summed E-state index contributed by atoms with van der Waals surface area (Å²) in [7, 11) is 0. The molecule has 2 N–H and O–H groups in total. The third-order valence-corrected chi connectivity index (χ3v) is 12.8. The van der Waals surface area contributed by atoms with Crippen LogP contribution in [0.3, 0.4) is 0 Å². The Hall–Kier alpha value is -3.92. The van der Waals surface area contributed by atoms with Gasteiger partial charge in [0.1, 0.15) is 5.78 Å². The molecular formula is C46H52Cl2N4O4. The first-order chi connectivity index (χ1) is 27.4. The third-order valence-electron chi connectivity index (χ3n) is 12.0. The number of amides is 1. The summed E-state index contributed by atoms with van der Waals surface area (Å²) in [6.45, 7) is 7.76. The molecule has 3 saturated heterocycles. The second kappa shape index (κ2) is 18.1. The van der Waals surface area contributed by atoms with Gasteiger partial charge in [-0.2, -0.15) is 0 Å². The van der Waals surface area contributed by atoms with Gasteiger partial charge in [0.2, 0.25) is 5.91 Å². The molecule has 0 spiro atoms. The van der Waals surface area contributed by atoms with E-state index in [9.17, 15) is 9.59 Å². The van der Waals surface area contributed by atoms with Crippen molar-refractivity contribution in [2.24, 2.45) is 5.92 Å². The van der Waals surface area contributed by atoms with Crippen molar-refractivity contribution in [1.82, 2.24) is 10.6 Å². The molecular weight excluding hydrogens is 743 g/mol. The van der Waals surface area contributed by atoms with Gasteiger partial charge >= 0.3 is 0 Å². The predicted molar refractivity (Wildman–Crippen MR) is 227 cm³/mol. The first-order valence-electron chi connectivity index (χ1n) is 20.4. The predicted octanol–water partition coefficient (Wildman–Crippen LogP) is 8.73. The maximum Gasteiger partial charge on any atom is 0.220 e.